The van der Waals surface area contributed by atoms with E-state index in [4.69, 9.17) is 0 Å². The van der Waals surface area contributed by atoms with Crippen LogP contribution in [0.15, 0.2) is 0 Å². The molecule has 1 aliphatic heterocycles. The Bertz CT molecular complexity index is 436. The summed E-state index contributed by atoms with van der Waals surface area (Å²) in [5.74, 6) is 0.143. The lowest BCUT2D eigenvalue weighted by Gasteiger charge is -2.26. The molecule has 0 spiro atoms. The first-order valence-corrected chi connectivity index (χ1v) is 9.33. The Labute approximate surface area is 128 Å². The largest absolute Gasteiger partial charge is 0.394 e. The molecule has 0 bridgehead atoms. The molecule has 1 saturated heterocycles. The van der Waals surface area contributed by atoms with Crippen LogP contribution in [0.2, 0.25) is 0 Å². The molecular formula is C14H28N2O4S. The predicted octanol–water partition coefficient (Wildman–Crippen LogP) is 0.714. The molecule has 0 aromatic rings. The summed E-state index contributed by atoms with van der Waals surface area (Å²) in [5, 5.41) is 12.1. The Balaban J connectivity index is 2.72. The number of carbonyl (C=O) groups excluding carboxylic acids is 1. The molecule has 2 unspecified atom stereocenters. The molecule has 7 heteroatoms. The number of hydrogen-bond donors (Lipinski definition) is 2. The van der Waals surface area contributed by atoms with Gasteiger partial charge in [-0.05, 0) is 31.6 Å². The minimum Gasteiger partial charge on any atom is -0.394 e. The molecular weight excluding hydrogens is 292 g/mol. The van der Waals surface area contributed by atoms with Gasteiger partial charge in [0.15, 0.2) is 0 Å². The molecule has 0 aromatic carbocycles. The standard InChI is InChI=1S/C14H28N2O4S/c1-4-8-21(19,20)16-7-5-6-13(16)14(18)15-12(10-17)9-11(2)3/h11-13,17H,4-10H2,1-3H3,(H,15,18). The van der Waals surface area contributed by atoms with Crippen LogP contribution >= 0.6 is 0 Å². The number of nitrogens with one attached hydrogen (secondary N) is 1. The number of carbonyl (C=O) groups is 1. The lowest BCUT2D eigenvalue weighted by atomic mass is 10.0. The van der Waals surface area contributed by atoms with E-state index < -0.39 is 16.1 Å². The summed E-state index contributed by atoms with van der Waals surface area (Å²) in [6.07, 6.45) is 2.47. The Morgan fingerprint density at radius 1 is 1.43 bits per heavy atom. The summed E-state index contributed by atoms with van der Waals surface area (Å²) >= 11 is 0. The molecule has 1 rings (SSSR count). The third kappa shape index (κ3) is 5.23. The Morgan fingerprint density at radius 3 is 2.62 bits per heavy atom. The van der Waals surface area contributed by atoms with Gasteiger partial charge in [-0.3, -0.25) is 4.79 Å². The third-order valence-electron chi connectivity index (χ3n) is 3.65. The van der Waals surface area contributed by atoms with E-state index in [1.54, 1.807) is 0 Å². The van der Waals surface area contributed by atoms with E-state index in [9.17, 15) is 18.3 Å². The van der Waals surface area contributed by atoms with Gasteiger partial charge in [-0.25, -0.2) is 8.42 Å². The van der Waals surface area contributed by atoms with Crippen LogP contribution in [0.5, 0.6) is 0 Å². The summed E-state index contributed by atoms with van der Waals surface area (Å²) in [6, 6.07) is -0.934. The van der Waals surface area contributed by atoms with Gasteiger partial charge in [-0.15, -0.1) is 0 Å². The average molecular weight is 320 g/mol. The van der Waals surface area contributed by atoms with Crippen molar-refractivity contribution in [2.45, 2.75) is 58.5 Å². The number of nitrogens with zero attached hydrogens (tertiary/aromatic N) is 1. The van der Waals surface area contributed by atoms with Gasteiger partial charge in [0.1, 0.15) is 6.04 Å². The molecule has 124 valence electrons. The fourth-order valence-electron chi connectivity index (χ4n) is 2.76. The van der Waals surface area contributed by atoms with E-state index in [0.29, 0.717) is 38.1 Å². The van der Waals surface area contributed by atoms with E-state index in [2.05, 4.69) is 5.32 Å². The zero-order chi connectivity index (χ0) is 16.0. The van der Waals surface area contributed by atoms with Crippen LogP contribution in [0.25, 0.3) is 0 Å². The summed E-state index contributed by atoms with van der Waals surface area (Å²) in [6.45, 7) is 6.13. The van der Waals surface area contributed by atoms with E-state index in [-0.39, 0.29) is 24.3 Å². The number of aliphatic hydroxyl groups is 1. The topological polar surface area (TPSA) is 86.7 Å². The molecule has 2 N–H and O–H groups in total. The van der Waals surface area contributed by atoms with Crippen LogP contribution in [0.3, 0.4) is 0 Å². The summed E-state index contributed by atoms with van der Waals surface area (Å²) in [4.78, 5) is 12.3. The average Bonchev–Trinajstić information content (AvgIpc) is 2.87. The second-order valence-electron chi connectivity index (χ2n) is 6.10. The van der Waals surface area contributed by atoms with Crippen LogP contribution in [-0.2, 0) is 14.8 Å². The molecule has 6 nitrogen and oxygen atoms in total. The van der Waals surface area contributed by atoms with E-state index in [0.717, 1.165) is 0 Å². The molecule has 2 atom stereocenters. The van der Waals surface area contributed by atoms with Crippen molar-refractivity contribution >= 4 is 15.9 Å². The van der Waals surface area contributed by atoms with Gasteiger partial charge < -0.3 is 10.4 Å². The van der Waals surface area contributed by atoms with Crippen LogP contribution < -0.4 is 5.32 Å². The van der Waals surface area contributed by atoms with Crippen molar-refractivity contribution in [2.75, 3.05) is 18.9 Å². The molecule has 21 heavy (non-hydrogen) atoms. The minimum atomic E-state index is -3.36. The first-order valence-electron chi connectivity index (χ1n) is 7.72. The van der Waals surface area contributed by atoms with E-state index >= 15 is 0 Å². The molecule has 0 aliphatic carbocycles. The summed E-state index contributed by atoms with van der Waals surface area (Å²) < 4.78 is 25.7. The van der Waals surface area contributed by atoms with Crippen molar-refractivity contribution in [3.63, 3.8) is 0 Å². The maximum absolute atomic E-state index is 12.3. The molecule has 1 fully saturated rings. The lowest BCUT2D eigenvalue weighted by Crippen LogP contribution is -2.50. The van der Waals surface area contributed by atoms with Gasteiger partial charge in [0.25, 0.3) is 0 Å². The van der Waals surface area contributed by atoms with Crippen LogP contribution in [-0.4, -0.2) is 54.7 Å². The molecule has 0 aromatic heterocycles. The van der Waals surface area contributed by atoms with Crippen molar-refractivity contribution in [3.05, 3.63) is 0 Å². The number of hydrogen-bond acceptors (Lipinski definition) is 4. The Hall–Kier alpha value is -0.660. The second kappa shape index (κ2) is 8.10. The maximum atomic E-state index is 12.3. The first kappa shape index (κ1) is 18.4. The fraction of sp³-hybridized carbons (Fsp3) is 0.929. The molecule has 1 heterocycles. The van der Waals surface area contributed by atoms with Crippen molar-refractivity contribution in [1.82, 2.24) is 9.62 Å². The van der Waals surface area contributed by atoms with Crippen molar-refractivity contribution < 1.29 is 18.3 Å². The Morgan fingerprint density at radius 2 is 2.10 bits per heavy atom. The highest BCUT2D eigenvalue weighted by Crippen LogP contribution is 2.22. The molecule has 0 saturated carbocycles. The number of rotatable bonds is 8. The van der Waals surface area contributed by atoms with Crippen LogP contribution in [0, 0.1) is 5.92 Å². The van der Waals surface area contributed by atoms with Crippen LogP contribution in [0.1, 0.15) is 46.5 Å². The first-order chi connectivity index (χ1) is 9.81. The number of amides is 1. The highest BCUT2D eigenvalue weighted by atomic mass is 32.2. The monoisotopic (exact) mass is 320 g/mol. The second-order valence-corrected chi connectivity index (χ2v) is 8.14. The van der Waals surface area contributed by atoms with Crippen molar-refractivity contribution in [1.29, 1.82) is 0 Å². The lowest BCUT2D eigenvalue weighted by molar-refractivity contribution is -0.125. The zero-order valence-corrected chi connectivity index (χ0v) is 14.0. The number of sulfonamides is 1. The normalized spacial score (nSPS) is 21.7. The fourth-order valence-corrected chi connectivity index (χ4v) is 4.50. The molecule has 1 aliphatic rings. The van der Waals surface area contributed by atoms with Gasteiger partial charge >= 0.3 is 0 Å². The van der Waals surface area contributed by atoms with Crippen LogP contribution in [0.4, 0.5) is 0 Å². The number of aliphatic hydroxyl groups excluding tert-OH is 1. The SMILES string of the molecule is CCCS(=O)(=O)N1CCCC1C(=O)NC(CO)CC(C)C. The van der Waals surface area contributed by atoms with Gasteiger partial charge in [0.05, 0.1) is 18.4 Å². The van der Waals surface area contributed by atoms with Gasteiger partial charge in [-0.1, -0.05) is 20.8 Å². The zero-order valence-electron chi connectivity index (χ0n) is 13.2. The maximum Gasteiger partial charge on any atom is 0.238 e. The third-order valence-corrected chi connectivity index (χ3v) is 5.72. The summed E-state index contributed by atoms with van der Waals surface area (Å²) in [5.41, 5.74) is 0. The van der Waals surface area contributed by atoms with Gasteiger partial charge in [0, 0.05) is 6.54 Å². The van der Waals surface area contributed by atoms with Crippen molar-refractivity contribution in [2.24, 2.45) is 5.92 Å². The highest BCUT2D eigenvalue weighted by molar-refractivity contribution is 7.89. The molecule has 0 radical (unpaired) electrons. The predicted molar refractivity (Wildman–Crippen MR) is 82.3 cm³/mol. The quantitative estimate of drug-likeness (QED) is 0.690. The van der Waals surface area contributed by atoms with Gasteiger partial charge in [-0.2, -0.15) is 4.31 Å². The summed E-state index contributed by atoms with van der Waals surface area (Å²) in [7, 11) is -3.36. The molecule has 1 amide bonds. The van der Waals surface area contributed by atoms with E-state index in [1.165, 1.54) is 4.31 Å². The smallest absolute Gasteiger partial charge is 0.238 e. The minimum absolute atomic E-state index is 0.0756. The van der Waals surface area contributed by atoms with Crippen molar-refractivity contribution in [3.8, 4) is 0 Å². The highest BCUT2D eigenvalue weighted by Gasteiger charge is 2.38. The van der Waals surface area contributed by atoms with Gasteiger partial charge in [0.2, 0.25) is 15.9 Å². The Kier molecular flexibility index (Phi) is 7.09. The van der Waals surface area contributed by atoms with E-state index in [1.807, 2.05) is 20.8 Å².